The topological polar surface area (TPSA) is 127 Å². The highest BCUT2D eigenvalue weighted by atomic mass is 35.5. The number of anilines is 1. The number of primary sulfonamides is 1. The second-order valence-electron chi connectivity index (χ2n) is 9.05. The van der Waals surface area contributed by atoms with Gasteiger partial charge in [0.25, 0.3) is 0 Å². The first-order valence-corrected chi connectivity index (χ1v) is 15.1. The van der Waals surface area contributed by atoms with Crippen molar-refractivity contribution >= 4 is 43.0 Å². The maximum Gasteiger partial charge on any atom is 0.242 e. The van der Waals surface area contributed by atoms with E-state index in [2.05, 4.69) is 4.90 Å². The van der Waals surface area contributed by atoms with Gasteiger partial charge in [-0.05, 0) is 37.0 Å². The van der Waals surface area contributed by atoms with Crippen LogP contribution in [0, 0.1) is 0 Å². The van der Waals surface area contributed by atoms with Crippen LogP contribution in [0.25, 0.3) is 16.9 Å². The number of benzene rings is 1. The number of methoxy groups -OCH3 is 1. The fourth-order valence-electron chi connectivity index (χ4n) is 4.79. The fraction of sp³-hybridized carbons (Fsp3) is 0.435. The molecule has 13 heteroatoms. The summed E-state index contributed by atoms with van der Waals surface area (Å²) >= 11 is 6.38. The van der Waals surface area contributed by atoms with Crippen molar-refractivity contribution in [1.29, 1.82) is 0 Å². The number of hydrogen-bond donors (Lipinski definition) is 1. The Morgan fingerprint density at radius 3 is 2.42 bits per heavy atom. The summed E-state index contributed by atoms with van der Waals surface area (Å²) < 4.78 is 58.6. The number of sulfonamides is 2. The third kappa shape index (κ3) is 4.45. The van der Waals surface area contributed by atoms with Crippen LogP contribution in [-0.4, -0.2) is 69.1 Å². The lowest BCUT2D eigenvalue weighted by Gasteiger charge is -2.35. The highest BCUT2D eigenvalue weighted by Crippen LogP contribution is 2.40. The summed E-state index contributed by atoms with van der Waals surface area (Å²) in [5.74, 6) is 0.0219. The summed E-state index contributed by atoms with van der Waals surface area (Å²) in [5, 5.41) is 5.45. The first-order chi connectivity index (χ1) is 17.0. The summed E-state index contributed by atoms with van der Waals surface area (Å²) in [6.07, 6.45) is 5.59. The Kier molecular flexibility index (Phi) is 6.44. The van der Waals surface area contributed by atoms with Crippen molar-refractivity contribution in [3.05, 3.63) is 41.2 Å². The van der Waals surface area contributed by atoms with Crippen molar-refractivity contribution in [2.45, 2.75) is 36.3 Å². The van der Waals surface area contributed by atoms with E-state index in [9.17, 15) is 16.8 Å². The molecule has 1 aliphatic heterocycles. The number of aromatic nitrogens is 2. The van der Waals surface area contributed by atoms with Gasteiger partial charge in [0.05, 0.1) is 23.1 Å². The molecule has 5 rings (SSSR count). The van der Waals surface area contributed by atoms with E-state index in [4.69, 9.17) is 26.5 Å². The lowest BCUT2D eigenvalue weighted by molar-refractivity contribution is 0.384. The van der Waals surface area contributed by atoms with Gasteiger partial charge >= 0.3 is 0 Å². The zero-order valence-electron chi connectivity index (χ0n) is 20.0. The van der Waals surface area contributed by atoms with Crippen molar-refractivity contribution in [2.75, 3.05) is 38.2 Å². The van der Waals surface area contributed by atoms with E-state index in [-0.39, 0.29) is 20.9 Å². The average molecular weight is 554 g/mol. The van der Waals surface area contributed by atoms with Crippen LogP contribution >= 0.6 is 11.6 Å². The first kappa shape index (κ1) is 25.3. The van der Waals surface area contributed by atoms with Crippen LogP contribution in [-0.2, 0) is 26.5 Å². The van der Waals surface area contributed by atoms with Gasteiger partial charge in [-0.2, -0.15) is 4.31 Å². The number of imidazole rings is 1. The Hall–Kier alpha value is -2.38. The maximum atomic E-state index is 12.5. The van der Waals surface area contributed by atoms with Gasteiger partial charge in [-0.15, -0.1) is 0 Å². The second-order valence-corrected chi connectivity index (χ2v) is 13.2. The van der Waals surface area contributed by atoms with E-state index in [0.717, 1.165) is 18.5 Å². The number of piperazine rings is 1. The van der Waals surface area contributed by atoms with Crippen LogP contribution in [0.3, 0.4) is 0 Å². The molecule has 0 radical (unpaired) electrons. The Morgan fingerprint density at radius 2 is 1.83 bits per heavy atom. The van der Waals surface area contributed by atoms with Crippen molar-refractivity contribution in [3.63, 3.8) is 0 Å². The molecule has 0 spiro atoms. The zero-order chi connectivity index (χ0) is 25.8. The van der Waals surface area contributed by atoms with Crippen molar-refractivity contribution in [1.82, 2.24) is 13.7 Å². The molecule has 0 atom stereocenters. The largest absolute Gasteiger partial charge is 0.494 e. The number of fused-ring (bicyclic) bond motifs is 1. The van der Waals surface area contributed by atoms with Gasteiger partial charge in [0.2, 0.25) is 20.0 Å². The van der Waals surface area contributed by atoms with Gasteiger partial charge < -0.3 is 14.0 Å². The van der Waals surface area contributed by atoms with E-state index < -0.39 is 20.0 Å². The summed E-state index contributed by atoms with van der Waals surface area (Å²) in [4.78, 5) is 6.76. The zero-order valence-corrected chi connectivity index (χ0v) is 22.4. The number of nitrogens with two attached hydrogens (primary N) is 1. The summed E-state index contributed by atoms with van der Waals surface area (Å²) in [6, 6.07) is 5.54. The SMILES string of the molecule is CCc1c(-c2cn3ccc(N4CCN(S(=O)(=O)C5CC5)CC4)cc3n2)cc(Cl)c(OC)c1S(N)(=O)=O. The molecule has 0 amide bonds. The average Bonchev–Trinajstić information content (AvgIpc) is 3.62. The molecule has 1 saturated heterocycles. The molecule has 1 aromatic carbocycles. The molecule has 1 aliphatic carbocycles. The van der Waals surface area contributed by atoms with Crippen LogP contribution in [0.1, 0.15) is 25.3 Å². The molecule has 36 heavy (non-hydrogen) atoms. The van der Waals surface area contributed by atoms with Gasteiger partial charge in [-0.1, -0.05) is 18.5 Å². The summed E-state index contributed by atoms with van der Waals surface area (Å²) in [6.45, 7) is 3.95. The van der Waals surface area contributed by atoms with E-state index in [1.54, 1.807) is 10.4 Å². The van der Waals surface area contributed by atoms with Gasteiger partial charge in [-0.25, -0.2) is 27.0 Å². The minimum absolute atomic E-state index is 0.0219. The normalized spacial score (nSPS) is 17.6. The highest BCUT2D eigenvalue weighted by Gasteiger charge is 2.41. The van der Waals surface area contributed by atoms with Crippen LogP contribution in [0.5, 0.6) is 5.75 Å². The Morgan fingerprint density at radius 1 is 1.14 bits per heavy atom. The summed E-state index contributed by atoms with van der Waals surface area (Å²) in [7, 11) is -5.92. The van der Waals surface area contributed by atoms with Crippen LogP contribution in [0.2, 0.25) is 5.02 Å². The van der Waals surface area contributed by atoms with Gasteiger partial charge in [-0.3, -0.25) is 0 Å². The minimum Gasteiger partial charge on any atom is -0.494 e. The molecule has 2 aromatic heterocycles. The lowest BCUT2D eigenvalue weighted by Crippen LogP contribution is -2.49. The predicted octanol–water partition coefficient (Wildman–Crippen LogP) is 2.49. The number of nitrogens with zero attached hydrogens (tertiary/aromatic N) is 4. The first-order valence-electron chi connectivity index (χ1n) is 11.7. The molecule has 2 aliphatic rings. The highest BCUT2D eigenvalue weighted by molar-refractivity contribution is 7.90. The predicted molar refractivity (Wildman–Crippen MR) is 139 cm³/mol. The molecule has 3 heterocycles. The number of pyridine rings is 1. The molecule has 2 N–H and O–H groups in total. The van der Waals surface area contributed by atoms with Crippen molar-refractivity contribution in [2.24, 2.45) is 5.14 Å². The third-order valence-electron chi connectivity index (χ3n) is 6.76. The fourth-order valence-corrected chi connectivity index (χ4v) is 8.00. The molecular weight excluding hydrogens is 526 g/mol. The molecule has 3 aromatic rings. The molecule has 194 valence electrons. The number of rotatable bonds is 7. The van der Waals surface area contributed by atoms with Gasteiger partial charge in [0, 0.05) is 55.9 Å². The molecule has 1 saturated carbocycles. The standard InChI is InChI=1S/C23H28ClN5O5S2/c1-3-17-18(13-19(24)22(34-2)23(17)35(25,30)31)20-14-28-7-6-15(12-21(28)26-20)27-8-10-29(11-9-27)36(32,33)16-4-5-16/h6-7,12-14,16H,3-5,8-11H2,1-2H3,(H2,25,30,31). The smallest absolute Gasteiger partial charge is 0.242 e. The monoisotopic (exact) mass is 553 g/mol. The summed E-state index contributed by atoms with van der Waals surface area (Å²) in [5.41, 5.74) is 3.21. The molecule has 0 unspecified atom stereocenters. The third-order valence-corrected chi connectivity index (χ3v) is 10.4. The van der Waals surface area contributed by atoms with Gasteiger partial charge in [0.1, 0.15) is 10.5 Å². The van der Waals surface area contributed by atoms with Gasteiger partial charge in [0.15, 0.2) is 5.75 Å². The number of hydrogen-bond acceptors (Lipinski definition) is 7. The Balaban J connectivity index is 1.47. The molecular formula is C23H28ClN5O5S2. The van der Waals surface area contributed by atoms with Crippen molar-refractivity contribution < 1.29 is 21.6 Å². The quantitative estimate of drug-likeness (QED) is 0.476. The van der Waals surface area contributed by atoms with E-state index in [1.165, 1.54) is 7.11 Å². The number of halogens is 1. The van der Waals surface area contributed by atoms with E-state index in [0.29, 0.717) is 55.1 Å². The number of ether oxygens (including phenoxy) is 1. The minimum atomic E-state index is -4.11. The van der Waals surface area contributed by atoms with Crippen LogP contribution in [0.4, 0.5) is 5.69 Å². The van der Waals surface area contributed by atoms with Crippen LogP contribution < -0.4 is 14.8 Å². The lowest BCUT2D eigenvalue weighted by atomic mass is 10.0. The second kappa shape index (κ2) is 9.18. The molecule has 0 bridgehead atoms. The molecule has 2 fully saturated rings. The maximum absolute atomic E-state index is 12.5. The van der Waals surface area contributed by atoms with Crippen LogP contribution in [0.15, 0.2) is 35.5 Å². The van der Waals surface area contributed by atoms with E-state index in [1.807, 2.05) is 35.9 Å². The Labute approximate surface area is 215 Å². The van der Waals surface area contributed by atoms with E-state index >= 15 is 0 Å². The van der Waals surface area contributed by atoms with Crippen molar-refractivity contribution in [3.8, 4) is 17.0 Å². The molecule has 10 nitrogen and oxygen atoms in total. The Bertz CT molecular complexity index is 1540.